The highest BCUT2D eigenvalue weighted by Crippen LogP contribution is 2.69. The maximum absolute atomic E-state index is 12.9. The molecule has 4 saturated carbocycles. The van der Waals surface area contributed by atoms with Crippen LogP contribution < -0.4 is 10.6 Å². The first-order chi connectivity index (χ1) is 27.0. The smallest absolute Gasteiger partial charge is 0.220 e. The number of aliphatic hydroxyl groups is 2. The summed E-state index contributed by atoms with van der Waals surface area (Å²) >= 11 is 0. The normalized spacial score (nSPS) is 33.3. The third-order valence-corrected chi connectivity index (χ3v) is 16.2. The predicted molar refractivity (Wildman–Crippen MR) is 233 cm³/mol. The van der Waals surface area contributed by atoms with Gasteiger partial charge in [0, 0.05) is 32.6 Å². The quantitative estimate of drug-likeness (QED) is 0.0376. The zero-order chi connectivity index (χ0) is 40.6. The van der Waals surface area contributed by atoms with Crippen molar-refractivity contribution in [2.24, 2.45) is 52.3 Å². The largest absolute Gasteiger partial charge is 0.393 e. The molecule has 1 amide bonds. The van der Waals surface area contributed by atoms with Gasteiger partial charge in [-0.1, -0.05) is 105 Å². The van der Waals surface area contributed by atoms with Gasteiger partial charge in [0.2, 0.25) is 5.91 Å². The maximum atomic E-state index is 12.9. The Hall–Kier alpha value is -1.28. The van der Waals surface area contributed by atoms with E-state index in [1.54, 1.807) is 0 Å². The number of unbranched alkanes of at least 4 members (excludes halogenated alkanes) is 11. The molecule has 0 aliphatic heterocycles. The molecule has 4 N–H and O–H groups in total. The lowest BCUT2D eigenvalue weighted by atomic mass is 9.41. The Kier molecular flexibility index (Phi) is 20.4. The average molecular weight is 784 g/mol. The summed E-state index contributed by atoms with van der Waals surface area (Å²) in [6, 6.07) is 0. The number of nitrogens with one attached hydrogen (secondary N) is 2. The molecule has 4 aliphatic carbocycles. The van der Waals surface area contributed by atoms with Crippen molar-refractivity contribution >= 4 is 11.7 Å². The second kappa shape index (κ2) is 24.1. The molecule has 0 spiro atoms. The SMILES string of the molecule is CCCCCCCC/C=C\CCCCCCCC(=O)CNCN(C)CCNC(=O)CC[C@@H](C)C1CC[C@H]2[C@@H]3[C@H](O)[C@H](CC)[C@@H]4C[C@H](O)CC[C@]4(C)[C@H]3CC[C@]12C. The number of ketones is 1. The highest BCUT2D eigenvalue weighted by Gasteiger charge is 2.64. The minimum absolute atomic E-state index is 0.142. The standard InChI is InChI=1S/C49H89N3O4/c1-7-9-10-11-12-13-14-15-16-17-18-19-20-21-22-23-39(54)35-50-36-52(6)33-32-51-45(55)27-24-37(3)41-25-26-42-46-43(29-31-48(41,42)4)49(5)30-28-38(53)34-44(49)40(8-2)47(46)56/h15-16,37-38,40-44,46-47,50,53,56H,7-14,17-36H2,1-6H3,(H,51,55)/b16-15-/t37-,38-,40-,41?,42+,43+,44+,46+,47-,48-,49-/m1/s1. The highest BCUT2D eigenvalue weighted by atomic mass is 16.3. The van der Waals surface area contributed by atoms with E-state index in [4.69, 9.17) is 0 Å². The molecule has 0 aromatic heterocycles. The Labute approximate surface area is 344 Å². The number of nitrogens with zero attached hydrogens (tertiary/aromatic N) is 1. The van der Waals surface area contributed by atoms with Crippen molar-refractivity contribution < 1.29 is 19.8 Å². The third kappa shape index (κ3) is 13.1. The molecule has 11 atom stereocenters. The number of aliphatic hydroxyl groups excluding tert-OH is 2. The number of carbonyl (C=O) groups excluding carboxylic acids is 2. The number of Topliss-reactive ketones (excluding diaryl/α,β-unsaturated/α-hetero) is 1. The molecular formula is C49H89N3O4. The van der Waals surface area contributed by atoms with Crippen LogP contribution in [0.5, 0.6) is 0 Å². The number of carbonyl (C=O) groups is 2. The summed E-state index contributed by atoms with van der Waals surface area (Å²) in [7, 11) is 2.03. The summed E-state index contributed by atoms with van der Waals surface area (Å²) in [4.78, 5) is 27.5. The second-order valence-corrected chi connectivity index (χ2v) is 20.0. The Bertz CT molecular complexity index is 1180. The van der Waals surface area contributed by atoms with E-state index < -0.39 is 0 Å². The summed E-state index contributed by atoms with van der Waals surface area (Å²) in [5.74, 6) is 3.74. The molecule has 7 nitrogen and oxygen atoms in total. The lowest BCUT2D eigenvalue weighted by Gasteiger charge is -2.64. The van der Waals surface area contributed by atoms with E-state index in [0.29, 0.717) is 79.8 Å². The molecule has 4 rings (SSSR count). The summed E-state index contributed by atoms with van der Waals surface area (Å²) in [5, 5.41) is 29.1. The number of hydrogen-bond acceptors (Lipinski definition) is 6. The molecule has 0 aromatic carbocycles. The topological polar surface area (TPSA) is 102 Å². The van der Waals surface area contributed by atoms with Crippen molar-refractivity contribution in [2.75, 3.05) is 33.4 Å². The number of allylic oxidation sites excluding steroid dienone is 2. The number of rotatable bonds is 27. The molecular weight excluding hydrogens is 695 g/mol. The van der Waals surface area contributed by atoms with Crippen LogP contribution in [0.2, 0.25) is 0 Å². The van der Waals surface area contributed by atoms with Gasteiger partial charge in [-0.15, -0.1) is 0 Å². The highest BCUT2D eigenvalue weighted by molar-refractivity contribution is 5.80. The molecule has 324 valence electrons. The fourth-order valence-corrected chi connectivity index (χ4v) is 12.9. The van der Waals surface area contributed by atoms with E-state index >= 15 is 0 Å². The third-order valence-electron chi connectivity index (χ3n) is 16.2. The number of amides is 1. The van der Waals surface area contributed by atoms with Crippen LogP contribution in [-0.2, 0) is 9.59 Å². The first-order valence-corrected chi connectivity index (χ1v) is 24.1. The summed E-state index contributed by atoms with van der Waals surface area (Å²) in [6.07, 6.45) is 31.7. The Morgan fingerprint density at radius 2 is 1.45 bits per heavy atom. The number of fused-ring (bicyclic) bond motifs is 5. The molecule has 56 heavy (non-hydrogen) atoms. The first kappa shape index (κ1) is 47.4. The molecule has 7 heteroatoms. The van der Waals surface area contributed by atoms with Crippen LogP contribution >= 0.6 is 0 Å². The molecule has 0 radical (unpaired) electrons. The number of likely N-dealkylation sites (N-methyl/N-ethyl adjacent to an activating group) is 1. The van der Waals surface area contributed by atoms with E-state index in [9.17, 15) is 19.8 Å². The predicted octanol–water partition coefficient (Wildman–Crippen LogP) is 10.2. The van der Waals surface area contributed by atoms with Crippen LogP contribution in [0, 0.1) is 52.3 Å². The summed E-state index contributed by atoms with van der Waals surface area (Å²) in [6.45, 7) is 14.4. The molecule has 1 unspecified atom stereocenters. The first-order valence-electron chi connectivity index (χ1n) is 24.1. The van der Waals surface area contributed by atoms with Gasteiger partial charge in [0.05, 0.1) is 18.8 Å². The van der Waals surface area contributed by atoms with Gasteiger partial charge < -0.3 is 15.5 Å². The molecule has 0 heterocycles. The van der Waals surface area contributed by atoms with E-state index in [0.717, 1.165) is 51.5 Å². The summed E-state index contributed by atoms with van der Waals surface area (Å²) < 4.78 is 0. The Morgan fingerprint density at radius 1 is 0.804 bits per heavy atom. The van der Waals surface area contributed by atoms with Crippen molar-refractivity contribution in [1.82, 2.24) is 15.5 Å². The zero-order valence-corrected chi connectivity index (χ0v) is 37.3. The van der Waals surface area contributed by atoms with Crippen molar-refractivity contribution in [3.05, 3.63) is 12.2 Å². The molecule has 0 aromatic rings. The molecule has 0 saturated heterocycles. The van der Waals surface area contributed by atoms with Crippen molar-refractivity contribution in [3.63, 3.8) is 0 Å². The lowest BCUT2D eigenvalue weighted by Crippen LogP contribution is -2.62. The fraction of sp³-hybridized carbons (Fsp3) is 0.918. The van der Waals surface area contributed by atoms with Crippen LogP contribution in [0.25, 0.3) is 0 Å². The van der Waals surface area contributed by atoms with Gasteiger partial charge in [0.25, 0.3) is 0 Å². The van der Waals surface area contributed by atoms with E-state index in [1.165, 1.54) is 96.3 Å². The van der Waals surface area contributed by atoms with Gasteiger partial charge in [-0.2, -0.15) is 0 Å². The van der Waals surface area contributed by atoms with Gasteiger partial charge in [0.1, 0.15) is 5.78 Å². The van der Waals surface area contributed by atoms with Crippen molar-refractivity contribution in [3.8, 4) is 0 Å². The van der Waals surface area contributed by atoms with Crippen molar-refractivity contribution in [1.29, 1.82) is 0 Å². The van der Waals surface area contributed by atoms with Crippen LogP contribution in [-0.4, -0.2) is 72.4 Å². The van der Waals surface area contributed by atoms with Gasteiger partial charge in [-0.05, 0) is 143 Å². The Morgan fingerprint density at radius 3 is 2.14 bits per heavy atom. The van der Waals surface area contributed by atoms with Crippen LogP contribution in [0.1, 0.15) is 189 Å². The van der Waals surface area contributed by atoms with Gasteiger partial charge in [0.15, 0.2) is 0 Å². The van der Waals surface area contributed by atoms with E-state index in [-0.39, 0.29) is 28.9 Å². The average Bonchev–Trinajstić information content (AvgIpc) is 3.53. The van der Waals surface area contributed by atoms with E-state index in [1.807, 2.05) is 7.05 Å². The summed E-state index contributed by atoms with van der Waals surface area (Å²) in [5.41, 5.74) is 0.465. The Balaban J connectivity index is 1.03. The minimum atomic E-state index is -0.256. The minimum Gasteiger partial charge on any atom is -0.393 e. The van der Waals surface area contributed by atoms with Crippen LogP contribution in [0.15, 0.2) is 12.2 Å². The lowest BCUT2D eigenvalue weighted by molar-refractivity contribution is -0.203. The molecule has 0 bridgehead atoms. The zero-order valence-electron chi connectivity index (χ0n) is 37.3. The monoisotopic (exact) mass is 784 g/mol. The molecule has 4 fully saturated rings. The van der Waals surface area contributed by atoms with Crippen LogP contribution in [0.3, 0.4) is 0 Å². The van der Waals surface area contributed by atoms with Crippen molar-refractivity contribution in [2.45, 2.75) is 201 Å². The van der Waals surface area contributed by atoms with Crippen LogP contribution in [0.4, 0.5) is 0 Å². The maximum Gasteiger partial charge on any atom is 0.220 e. The number of hydrogen-bond donors (Lipinski definition) is 4. The van der Waals surface area contributed by atoms with E-state index in [2.05, 4.69) is 62.3 Å². The fourth-order valence-electron chi connectivity index (χ4n) is 12.9. The molecule has 4 aliphatic rings. The second-order valence-electron chi connectivity index (χ2n) is 20.0. The van der Waals surface area contributed by atoms with Gasteiger partial charge in [-0.25, -0.2) is 0 Å². The van der Waals surface area contributed by atoms with Gasteiger partial charge in [-0.3, -0.25) is 19.8 Å². The van der Waals surface area contributed by atoms with Gasteiger partial charge >= 0.3 is 0 Å².